The molecule has 3 heteroatoms. The van der Waals surface area contributed by atoms with Crippen molar-refractivity contribution in [3.8, 4) is 0 Å². The molecule has 0 heterocycles. The van der Waals surface area contributed by atoms with E-state index in [-0.39, 0.29) is 0 Å². The number of hydrogen-bond acceptors (Lipinski definition) is 1. The Labute approximate surface area is 139 Å². The second-order valence-corrected chi connectivity index (χ2v) is 7.59. The molecule has 2 rings (SSSR count). The number of halogens is 2. The van der Waals surface area contributed by atoms with Crippen LogP contribution in [-0.4, -0.2) is 6.54 Å². The summed E-state index contributed by atoms with van der Waals surface area (Å²) in [6, 6.07) is 7.15. The van der Waals surface area contributed by atoms with Gasteiger partial charge in [-0.05, 0) is 65.2 Å². The monoisotopic (exact) mass is 435 g/mol. The summed E-state index contributed by atoms with van der Waals surface area (Å²) < 4.78 is 2.57. The Balaban J connectivity index is 2.11. The first-order chi connectivity index (χ1) is 9.20. The Hall–Kier alpha value is 0.390. The highest BCUT2D eigenvalue weighted by atomic mass is 127. The third-order valence-corrected chi connectivity index (χ3v) is 5.55. The van der Waals surface area contributed by atoms with E-state index in [1.54, 1.807) is 0 Å². The van der Waals surface area contributed by atoms with Crippen LogP contribution in [0.4, 0.5) is 0 Å². The summed E-state index contributed by atoms with van der Waals surface area (Å²) >= 11 is 6.08. The fourth-order valence-corrected chi connectivity index (χ4v) is 4.19. The third-order valence-electron chi connectivity index (χ3n) is 4.08. The second kappa shape index (κ2) is 7.99. The van der Waals surface area contributed by atoms with Crippen molar-refractivity contribution in [2.24, 2.45) is 5.92 Å². The van der Waals surface area contributed by atoms with E-state index in [1.807, 2.05) is 0 Å². The zero-order chi connectivity index (χ0) is 13.7. The first-order valence-electron chi connectivity index (χ1n) is 7.39. The fraction of sp³-hybridized carbons (Fsp3) is 0.625. The van der Waals surface area contributed by atoms with Crippen molar-refractivity contribution >= 4 is 38.5 Å². The zero-order valence-electron chi connectivity index (χ0n) is 11.6. The topological polar surface area (TPSA) is 12.0 Å². The molecule has 0 saturated heterocycles. The van der Waals surface area contributed by atoms with Crippen LogP contribution < -0.4 is 5.32 Å². The van der Waals surface area contributed by atoms with Crippen LogP contribution in [0, 0.1) is 9.49 Å². The predicted molar refractivity (Wildman–Crippen MR) is 94.5 cm³/mol. The van der Waals surface area contributed by atoms with Gasteiger partial charge in [0.05, 0.1) is 0 Å². The van der Waals surface area contributed by atoms with Gasteiger partial charge in [-0.2, -0.15) is 0 Å². The molecular weight excluding hydrogens is 413 g/mol. The number of benzene rings is 1. The van der Waals surface area contributed by atoms with E-state index in [9.17, 15) is 0 Å². The van der Waals surface area contributed by atoms with Gasteiger partial charge in [0.2, 0.25) is 0 Å². The summed E-state index contributed by atoms with van der Waals surface area (Å²) in [7, 11) is 0. The highest BCUT2D eigenvalue weighted by Crippen LogP contribution is 2.34. The lowest BCUT2D eigenvalue weighted by Crippen LogP contribution is -2.25. The van der Waals surface area contributed by atoms with E-state index in [0.29, 0.717) is 6.04 Å². The van der Waals surface area contributed by atoms with Crippen LogP contribution in [0.25, 0.3) is 0 Å². The maximum Gasteiger partial charge on any atom is 0.0333 e. The van der Waals surface area contributed by atoms with E-state index in [0.717, 1.165) is 12.5 Å². The van der Waals surface area contributed by atoms with Crippen molar-refractivity contribution in [3.05, 3.63) is 31.8 Å². The average Bonchev–Trinajstić information content (AvgIpc) is 2.42. The van der Waals surface area contributed by atoms with Crippen molar-refractivity contribution in [1.82, 2.24) is 5.32 Å². The lowest BCUT2D eigenvalue weighted by Gasteiger charge is -2.28. The van der Waals surface area contributed by atoms with Crippen LogP contribution >= 0.6 is 38.5 Å². The largest absolute Gasteiger partial charge is 0.310 e. The van der Waals surface area contributed by atoms with Crippen molar-refractivity contribution < 1.29 is 0 Å². The molecule has 0 aromatic heterocycles. The molecule has 1 fully saturated rings. The van der Waals surface area contributed by atoms with Gasteiger partial charge in [0.25, 0.3) is 0 Å². The van der Waals surface area contributed by atoms with Gasteiger partial charge in [0, 0.05) is 14.1 Å². The fourth-order valence-electron chi connectivity index (χ4n) is 3.10. The first kappa shape index (κ1) is 15.8. The van der Waals surface area contributed by atoms with Gasteiger partial charge < -0.3 is 5.32 Å². The van der Waals surface area contributed by atoms with E-state index >= 15 is 0 Å². The molecule has 1 nitrogen and oxygen atoms in total. The Kier molecular flexibility index (Phi) is 6.63. The van der Waals surface area contributed by atoms with Crippen molar-refractivity contribution in [2.45, 2.75) is 51.5 Å². The van der Waals surface area contributed by atoms with Crippen LogP contribution in [0.1, 0.15) is 57.1 Å². The normalized spacial score (nSPS) is 18.5. The molecule has 1 aromatic carbocycles. The van der Waals surface area contributed by atoms with Gasteiger partial charge in [-0.3, -0.25) is 0 Å². The SMILES string of the molecule is CCNC(CC1CCCCC1)c1cc(Br)ccc1I. The summed E-state index contributed by atoms with van der Waals surface area (Å²) in [4.78, 5) is 0. The summed E-state index contributed by atoms with van der Waals surface area (Å²) in [6.07, 6.45) is 8.44. The Bertz CT molecular complexity index is 402. The molecular formula is C16H23BrIN. The molecule has 1 N–H and O–H groups in total. The van der Waals surface area contributed by atoms with Crippen LogP contribution in [0.15, 0.2) is 22.7 Å². The summed E-state index contributed by atoms with van der Waals surface area (Å²) in [5.74, 6) is 0.910. The summed E-state index contributed by atoms with van der Waals surface area (Å²) in [6.45, 7) is 3.25. The van der Waals surface area contributed by atoms with Crippen molar-refractivity contribution in [2.75, 3.05) is 6.54 Å². The maximum atomic E-state index is 3.69. The van der Waals surface area contributed by atoms with Crippen molar-refractivity contribution in [1.29, 1.82) is 0 Å². The minimum atomic E-state index is 0.512. The summed E-state index contributed by atoms with van der Waals surface area (Å²) in [5, 5.41) is 3.69. The molecule has 1 atom stereocenters. The van der Waals surface area contributed by atoms with E-state index < -0.39 is 0 Å². The number of hydrogen-bond donors (Lipinski definition) is 1. The molecule has 0 aliphatic heterocycles. The standard InChI is InChI=1S/C16H23BrIN/c1-2-19-16(10-12-6-4-3-5-7-12)14-11-13(17)8-9-15(14)18/h8-9,11-12,16,19H,2-7,10H2,1H3. The van der Waals surface area contributed by atoms with Gasteiger partial charge in [-0.1, -0.05) is 55.0 Å². The molecule has 1 aliphatic carbocycles. The molecule has 1 saturated carbocycles. The van der Waals surface area contributed by atoms with Crippen LogP contribution in [0.5, 0.6) is 0 Å². The minimum Gasteiger partial charge on any atom is -0.310 e. The molecule has 1 aromatic rings. The van der Waals surface area contributed by atoms with E-state index in [4.69, 9.17) is 0 Å². The quantitative estimate of drug-likeness (QED) is 0.587. The minimum absolute atomic E-state index is 0.512. The molecule has 19 heavy (non-hydrogen) atoms. The van der Waals surface area contributed by atoms with Gasteiger partial charge >= 0.3 is 0 Å². The Morgan fingerprint density at radius 1 is 1.32 bits per heavy atom. The smallest absolute Gasteiger partial charge is 0.0333 e. The molecule has 106 valence electrons. The Morgan fingerprint density at radius 2 is 2.05 bits per heavy atom. The maximum absolute atomic E-state index is 3.69. The number of rotatable bonds is 5. The second-order valence-electron chi connectivity index (χ2n) is 5.52. The molecule has 0 bridgehead atoms. The van der Waals surface area contributed by atoms with Gasteiger partial charge in [-0.15, -0.1) is 0 Å². The van der Waals surface area contributed by atoms with Gasteiger partial charge in [0.1, 0.15) is 0 Å². The summed E-state index contributed by atoms with van der Waals surface area (Å²) in [5.41, 5.74) is 1.46. The number of nitrogens with one attached hydrogen (secondary N) is 1. The molecule has 1 unspecified atom stereocenters. The predicted octanol–water partition coefficient (Wildman–Crippen LogP) is 5.67. The highest BCUT2D eigenvalue weighted by Gasteiger charge is 2.21. The van der Waals surface area contributed by atoms with E-state index in [2.05, 4.69) is 69.0 Å². The molecule has 0 spiro atoms. The molecule has 0 amide bonds. The van der Waals surface area contributed by atoms with Gasteiger partial charge in [-0.25, -0.2) is 0 Å². The zero-order valence-corrected chi connectivity index (χ0v) is 15.3. The van der Waals surface area contributed by atoms with Crippen molar-refractivity contribution in [3.63, 3.8) is 0 Å². The lowest BCUT2D eigenvalue weighted by atomic mass is 9.83. The van der Waals surface area contributed by atoms with Crippen LogP contribution in [-0.2, 0) is 0 Å². The third kappa shape index (κ3) is 4.71. The average molecular weight is 436 g/mol. The van der Waals surface area contributed by atoms with Crippen LogP contribution in [0.3, 0.4) is 0 Å². The Morgan fingerprint density at radius 3 is 2.74 bits per heavy atom. The van der Waals surface area contributed by atoms with E-state index in [1.165, 1.54) is 52.1 Å². The molecule has 0 radical (unpaired) electrons. The molecule has 1 aliphatic rings. The highest BCUT2D eigenvalue weighted by molar-refractivity contribution is 14.1. The lowest BCUT2D eigenvalue weighted by molar-refractivity contribution is 0.301. The first-order valence-corrected chi connectivity index (χ1v) is 9.26. The van der Waals surface area contributed by atoms with Gasteiger partial charge in [0.15, 0.2) is 0 Å². The van der Waals surface area contributed by atoms with Crippen LogP contribution in [0.2, 0.25) is 0 Å².